The van der Waals surface area contributed by atoms with Gasteiger partial charge in [0.15, 0.2) is 0 Å². The van der Waals surface area contributed by atoms with Crippen molar-refractivity contribution in [3.63, 3.8) is 0 Å². The van der Waals surface area contributed by atoms with Crippen LogP contribution in [-0.4, -0.2) is 39.9 Å². The maximum absolute atomic E-state index is 4.88. The van der Waals surface area contributed by atoms with Crippen LogP contribution in [-0.2, 0) is 0 Å². The summed E-state index contributed by atoms with van der Waals surface area (Å²) >= 11 is 0. The normalized spacial score (nSPS) is 33.3. The van der Waals surface area contributed by atoms with Gasteiger partial charge in [-0.3, -0.25) is 0 Å². The molecule has 0 radical (unpaired) electrons. The van der Waals surface area contributed by atoms with Crippen molar-refractivity contribution in [1.29, 1.82) is 0 Å². The molecule has 2 unspecified atom stereocenters. The fourth-order valence-corrected chi connectivity index (χ4v) is 4.69. The van der Waals surface area contributed by atoms with Crippen molar-refractivity contribution in [3.05, 3.63) is 107 Å². The summed E-state index contributed by atoms with van der Waals surface area (Å²) in [5.41, 5.74) is 4.61. The lowest BCUT2D eigenvalue weighted by molar-refractivity contribution is 0.259. The number of aliphatic imine (C=N–C) groups is 2. The number of aromatic amines is 1. The highest BCUT2D eigenvalue weighted by atomic mass is 15.2. The van der Waals surface area contributed by atoms with Crippen LogP contribution in [0.3, 0.4) is 0 Å². The number of fused-ring (bicyclic) bond motifs is 6. The highest BCUT2D eigenvalue weighted by molar-refractivity contribution is 6.20. The van der Waals surface area contributed by atoms with Crippen LogP contribution in [0.15, 0.2) is 106 Å². The molecule has 5 aliphatic rings. The van der Waals surface area contributed by atoms with Crippen LogP contribution in [0, 0.1) is 0 Å². The zero-order valence-corrected chi connectivity index (χ0v) is 17.3. The molecular weight excluding hydrogens is 382 g/mol. The number of nitrogens with one attached hydrogen (secondary N) is 2. The summed E-state index contributed by atoms with van der Waals surface area (Å²) in [6.45, 7) is 0. The summed E-state index contributed by atoms with van der Waals surface area (Å²) in [6.07, 6.45) is 28.5. The topological polar surface area (TPSA) is 55.8 Å². The number of H-pyrrole nitrogens is 1. The lowest BCUT2D eigenvalue weighted by Crippen LogP contribution is -2.54. The molecule has 0 saturated heterocycles. The molecule has 6 heterocycles. The Morgan fingerprint density at radius 2 is 1.68 bits per heavy atom. The maximum Gasteiger partial charge on any atom is 0.0854 e. The van der Waals surface area contributed by atoms with Gasteiger partial charge >= 0.3 is 0 Å². The predicted molar refractivity (Wildman–Crippen MR) is 127 cm³/mol. The molecule has 1 aromatic rings. The first-order chi connectivity index (χ1) is 15.1. The van der Waals surface area contributed by atoms with Gasteiger partial charge in [0.25, 0.3) is 0 Å². The van der Waals surface area contributed by atoms with Crippen LogP contribution in [0.5, 0.6) is 0 Å². The van der Waals surface area contributed by atoms with Gasteiger partial charge in [-0.2, -0.15) is 0 Å². The maximum atomic E-state index is 4.88. The van der Waals surface area contributed by atoms with Crippen molar-refractivity contribution in [1.82, 2.24) is 15.2 Å². The first-order valence-electron chi connectivity index (χ1n) is 10.6. The monoisotopic (exact) mass is 405 g/mol. The van der Waals surface area contributed by atoms with Crippen molar-refractivity contribution in [2.24, 2.45) is 9.98 Å². The van der Waals surface area contributed by atoms with Crippen LogP contribution in [0.1, 0.15) is 6.42 Å². The van der Waals surface area contributed by atoms with Crippen molar-refractivity contribution >= 4 is 23.6 Å². The van der Waals surface area contributed by atoms with Crippen LogP contribution >= 0.6 is 0 Å². The van der Waals surface area contributed by atoms with Gasteiger partial charge in [0.1, 0.15) is 0 Å². The molecule has 0 amide bonds. The first kappa shape index (κ1) is 18.0. The molecule has 0 aliphatic carbocycles. The second kappa shape index (κ2) is 6.84. The molecule has 0 spiro atoms. The van der Waals surface area contributed by atoms with Gasteiger partial charge in [-0.25, -0.2) is 9.98 Å². The number of rotatable bonds is 1. The summed E-state index contributed by atoms with van der Waals surface area (Å²) in [7, 11) is 2.12. The lowest BCUT2D eigenvalue weighted by atomic mass is 9.85. The second-order valence-electron chi connectivity index (χ2n) is 8.40. The van der Waals surface area contributed by atoms with Crippen molar-refractivity contribution in [3.8, 4) is 0 Å². The van der Waals surface area contributed by atoms with Gasteiger partial charge in [0, 0.05) is 23.4 Å². The van der Waals surface area contributed by atoms with E-state index in [-0.39, 0.29) is 11.6 Å². The van der Waals surface area contributed by atoms with E-state index in [1.165, 1.54) is 0 Å². The van der Waals surface area contributed by atoms with E-state index in [9.17, 15) is 0 Å². The Balaban J connectivity index is 1.50. The molecule has 0 aromatic carbocycles. The van der Waals surface area contributed by atoms with E-state index in [0.29, 0.717) is 0 Å². The van der Waals surface area contributed by atoms with Gasteiger partial charge in [-0.05, 0) is 79.4 Å². The number of likely N-dealkylation sites (N-methyl/N-ethyl adjacent to an activating group) is 1. The molecule has 152 valence electrons. The molecule has 2 N–H and O–H groups in total. The standard InChI is InChI=1S/C26H23N5/c1-31-13-3-2-4-25(31)26-12-11-23(30-26)16-22-8-7-19(28-22)14-18-5-6-20(27-18)15-21-9-10-24(17-26)29-21/h2-11,13-17,25,27,30H,12H2,1H3/b18-14-,20-15-,22-16-,24-17-. The third-order valence-electron chi connectivity index (χ3n) is 6.14. The van der Waals surface area contributed by atoms with Gasteiger partial charge < -0.3 is 15.2 Å². The molecular formula is C26H23N5. The van der Waals surface area contributed by atoms with E-state index >= 15 is 0 Å². The predicted octanol–water partition coefficient (Wildman–Crippen LogP) is 2.38. The van der Waals surface area contributed by atoms with Gasteiger partial charge in [-0.1, -0.05) is 18.2 Å². The Labute approximate surface area is 181 Å². The molecule has 1 aromatic heterocycles. The first-order valence-corrected chi connectivity index (χ1v) is 10.6. The van der Waals surface area contributed by atoms with Crippen LogP contribution in [0.25, 0.3) is 12.2 Å². The molecule has 0 saturated carbocycles. The SMILES string of the molecule is CN1C=CC=CC1C12/C=C3/C=CC(=N3)/C=c3/cc/c([nH]3)=C/C3=NC(=C\C(=CC1)N2)/C=C3. The third kappa shape index (κ3) is 3.28. The van der Waals surface area contributed by atoms with Gasteiger partial charge in [0.2, 0.25) is 0 Å². The molecule has 5 heteroatoms. The lowest BCUT2D eigenvalue weighted by Gasteiger charge is -2.41. The highest BCUT2D eigenvalue weighted by Crippen LogP contribution is 2.34. The summed E-state index contributed by atoms with van der Waals surface area (Å²) in [5.74, 6) is 0. The van der Waals surface area contributed by atoms with Gasteiger partial charge in [0.05, 0.1) is 34.4 Å². The van der Waals surface area contributed by atoms with E-state index in [2.05, 4.69) is 113 Å². The van der Waals surface area contributed by atoms with Crippen molar-refractivity contribution < 1.29 is 0 Å². The average molecular weight is 406 g/mol. The second-order valence-corrected chi connectivity index (χ2v) is 8.40. The van der Waals surface area contributed by atoms with Crippen molar-refractivity contribution in [2.45, 2.75) is 18.0 Å². The highest BCUT2D eigenvalue weighted by Gasteiger charge is 2.41. The number of aromatic nitrogens is 1. The van der Waals surface area contributed by atoms with E-state index in [4.69, 9.17) is 9.98 Å². The molecule has 5 nitrogen and oxygen atoms in total. The smallest absolute Gasteiger partial charge is 0.0854 e. The minimum atomic E-state index is -0.293. The van der Waals surface area contributed by atoms with Crippen LogP contribution in [0.4, 0.5) is 0 Å². The molecule has 8 bridgehead atoms. The molecule has 31 heavy (non-hydrogen) atoms. The Morgan fingerprint density at radius 3 is 2.45 bits per heavy atom. The van der Waals surface area contributed by atoms with E-state index < -0.39 is 0 Å². The fraction of sp³-hybridized carbons (Fsp3) is 0.154. The molecule has 6 rings (SSSR count). The summed E-state index contributed by atoms with van der Waals surface area (Å²) in [4.78, 5) is 15.3. The van der Waals surface area contributed by atoms with Crippen LogP contribution in [0.2, 0.25) is 0 Å². The number of hydrogen-bond acceptors (Lipinski definition) is 4. The van der Waals surface area contributed by atoms with Gasteiger partial charge in [-0.15, -0.1) is 0 Å². The van der Waals surface area contributed by atoms with E-state index in [1.54, 1.807) is 0 Å². The zero-order chi connectivity index (χ0) is 20.8. The molecule has 5 aliphatic heterocycles. The summed E-state index contributed by atoms with van der Waals surface area (Å²) in [6, 6.07) is 4.31. The Morgan fingerprint density at radius 1 is 0.935 bits per heavy atom. The quantitative estimate of drug-likeness (QED) is 0.754. The van der Waals surface area contributed by atoms with Crippen molar-refractivity contribution in [2.75, 3.05) is 7.05 Å². The molecule has 2 atom stereocenters. The fourth-order valence-electron chi connectivity index (χ4n) is 4.69. The molecule has 0 fully saturated rings. The summed E-state index contributed by atoms with van der Waals surface area (Å²) < 4.78 is 0. The Kier molecular flexibility index (Phi) is 3.96. The minimum absolute atomic E-state index is 0.171. The van der Waals surface area contributed by atoms with Crippen LogP contribution < -0.4 is 16.0 Å². The average Bonchev–Trinajstić information content (AvgIpc) is 3.54. The zero-order valence-electron chi connectivity index (χ0n) is 17.3. The Hall–Kier alpha value is -3.86. The third-order valence-corrected chi connectivity index (χ3v) is 6.14. The minimum Gasteiger partial charge on any atom is -0.374 e. The number of hydrogen-bond donors (Lipinski definition) is 2. The van der Waals surface area contributed by atoms with E-state index in [1.807, 2.05) is 0 Å². The van der Waals surface area contributed by atoms with E-state index in [0.717, 1.165) is 45.6 Å². The largest absolute Gasteiger partial charge is 0.374 e. The number of allylic oxidation sites excluding steroid dienone is 7. The summed E-state index contributed by atoms with van der Waals surface area (Å²) in [5, 5.41) is 5.86. The number of nitrogens with zero attached hydrogens (tertiary/aromatic N) is 3. The Bertz CT molecular complexity index is 1350.